The van der Waals surface area contributed by atoms with Crippen molar-refractivity contribution in [3.63, 3.8) is 0 Å². The summed E-state index contributed by atoms with van der Waals surface area (Å²) in [5, 5.41) is 11.7. The fourth-order valence-corrected chi connectivity index (χ4v) is 1.98. The molecule has 1 heterocycles. The third kappa shape index (κ3) is 3.40. The van der Waals surface area contributed by atoms with E-state index in [-0.39, 0.29) is 23.4 Å². The Morgan fingerprint density at radius 1 is 1.29 bits per heavy atom. The molecular formula is C14H14N2O5. The first-order valence-electron chi connectivity index (χ1n) is 6.25. The Kier molecular flexibility index (Phi) is 5.51. The molecule has 7 nitrogen and oxygen atoms in total. The summed E-state index contributed by atoms with van der Waals surface area (Å²) >= 11 is 0. The first-order chi connectivity index (χ1) is 9.97. The van der Waals surface area contributed by atoms with Crippen molar-refractivity contribution in [2.24, 2.45) is 0 Å². The van der Waals surface area contributed by atoms with Crippen LogP contribution in [0.5, 0.6) is 0 Å². The Bertz CT molecular complexity index is 745. The third-order valence-corrected chi connectivity index (χ3v) is 3.21. The van der Waals surface area contributed by atoms with E-state index in [1.807, 2.05) is 13.8 Å². The number of non-ortho nitro benzene ring substituents is 1. The van der Waals surface area contributed by atoms with Crippen molar-refractivity contribution in [1.29, 1.82) is 0 Å². The zero-order valence-electron chi connectivity index (χ0n) is 11.6. The van der Waals surface area contributed by atoms with Gasteiger partial charge in [0.1, 0.15) is 0 Å². The van der Waals surface area contributed by atoms with Gasteiger partial charge in [-0.2, -0.15) is 9.59 Å². The standard InChI is InChI=1S/C13H14N2O3.CO2/c1-3-9(2)14-8-7-10-11(13(14)16)5-4-6-12(10)15(17)18;2-1-3/h4-9H,3H2,1-2H3;/t9-;/m0./s1. The highest BCUT2D eigenvalue weighted by atomic mass is 16.6. The molecule has 2 aromatic rings. The average Bonchev–Trinajstić information content (AvgIpc) is 2.47. The van der Waals surface area contributed by atoms with Crippen LogP contribution in [0.1, 0.15) is 26.3 Å². The summed E-state index contributed by atoms with van der Waals surface area (Å²) in [5.74, 6) is 0. The quantitative estimate of drug-likeness (QED) is 0.637. The molecule has 0 unspecified atom stereocenters. The third-order valence-electron chi connectivity index (χ3n) is 3.21. The maximum Gasteiger partial charge on any atom is 0.373 e. The maximum atomic E-state index is 12.2. The van der Waals surface area contributed by atoms with Gasteiger partial charge in [-0.3, -0.25) is 14.9 Å². The van der Waals surface area contributed by atoms with Gasteiger partial charge in [-0.05, 0) is 25.5 Å². The lowest BCUT2D eigenvalue weighted by Gasteiger charge is -2.13. The zero-order chi connectivity index (χ0) is 16.0. The minimum absolute atomic E-state index is 0.0269. The molecule has 7 heteroatoms. The summed E-state index contributed by atoms with van der Waals surface area (Å²) in [6.45, 7) is 3.94. The number of carbonyl (C=O) groups excluding carboxylic acids is 2. The van der Waals surface area contributed by atoms with Crippen LogP contribution in [-0.4, -0.2) is 15.6 Å². The van der Waals surface area contributed by atoms with E-state index in [1.165, 1.54) is 6.07 Å². The van der Waals surface area contributed by atoms with Crippen LogP contribution in [0.15, 0.2) is 35.3 Å². The molecule has 0 aliphatic rings. The van der Waals surface area contributed by atoms with Crippen molar-refractivity contribution in [1.82, 2.24) is 4.57 Å². The lowest BCUT2D eigenvalue weighted by molar-refractivity contribution is -0.383. The number of hydrogen-bond acceptors (Lipinski definition) is 5. The minimum atomic E-state index is -0.463. The predicted octanol–water partition coefficient (Wildman–Crippen LogP) is 2.30. The summed E-state index contributed by atoms with van der Waals surface area (Å²) in [4.78, 5) is 38.9. The van der Waals surface area contributed by atoms with Crippen LogP contribution in [0.25, 0.3) is 10.8 Å². The van der Waals surface area contributed by atoms with Gasteiger partial charge in [0.15, 0.2) is 0 Å². The summed E-state index contributed by atoms with van der Waals surface area (Å²) < 4.78 is 1.62. The highest BCUT2D eigenvalue weighted by Crippen LogP contribution is 2.23. The number of hydrogen-bond donors (Lipinski definition) is 0. The van der Waals surface area contributed by atoms with Gasteiger partial charge in [-0.15, -0.1) is 0 Å². The van der Waals surface area contributed by atoms with Gasteiger partial charge in [0.25, 0.3) is 11.2 Å². The van der Waals surface area contributed by atoms with E-state index in [9.17, 15) is 14.9 Å². The first kappa shape index (κ1) is 16.3. The number of nitrogens with zero attached hydrogens (tertiary/aromatic N) is 2. The van der Waals surface area contributed by atoms with Crippen LogP contribution in [0, 0.1) is 10.1 Å². The summed E-state index contributed by atoms with van der Waals surface area (Å²) in [6, 6.07) is 6.31. The smallest absolute Gasteiger partial charge is 0.312 e. The van der Waals surface area contributed by atoms with Gasteiger partial charge < -0.3 is 4.57 Å². The predicted molar refractivity (Wildman–Crippen MR) is 74.9 cm³/mol. The second kappa shape index (κ2) is 7.12. The molecule has 0 saturated carbocycles. The van der Waals surface area contributed by atoms with Crippen molar-refractivity contribution < 1.29 is 14.5 Å². The molecule has 0 saturated heterocycles. The molecular weight excluding hydrogens is 276 g/mol. The van der Waals surface area contributed by atoms with Crippen molar-refractivity contribution in [2.45, 2.75) is 26.3 Å². The Morgan fingerprint density at radius 2 is 1.90 bits per heavy atom. The van der Waals surface area contributed by atoms with Crippen molar-refractivity contribution in [2.75, 3.05) is 0 Å². The molecule has 1 aromatic heterocycles. The van der Waals surface area contributed by atoms with Crippen LogP contribution >= 0.6 is 0 Å². The summed E-state index contributed by atoms with van der Waals surface area (Å²) in [6.07, 6.45) is 2.71. The highest BCUT2D eigenvalue weighted by Gasteiger charge is 2.15. The topological polar surface area (TPSA) is 99.3 Å². The molecule has 21 heavy (non-hydrogen) atoms. The molecule has 2 rings (SSSR count). The van der Waals surface area contributed by atoms with Gasteiger partial charge in [-0.25, -0.2) is 0 Å². The molecule has 0 amide bonds. The van der Waals surface area contributed by atoms with Crippen molar-refractivity contribution in [3.05, 3.63) is 50.9 Å². The molecule has 1 aromatic carbocycles. The van der Waals surface area contributed by atoms with Gasteiger partial charge in [0.2, 0.25) is 0 Å². The Balaban J connectivity index is 0.000000677. The second-order valence-electron chi connectivity index (χ2n) is 4.36. The molecule has 110 valence electrons. The Labute approximate surface area is 120 Å². The van der Waals surface area contributed by atoms with E-state index in [2.05, 4.69) is 0 Å². The number of aromatic nitrogens is 1. The number of nitro benzene ring substituents is 1. The number of nitro groups is 1. The SMILES string of the molecule is CC[C@H](C)n1ccc2c([N+](=O)[O-])cccc2c1=O.O=C=O. The maximum absolute atomic E-state index is 12.2. The van der Waals surface area contributed by atoms with Crippen LogP contribution < -0.4 is 5.56 Å². The Morgan fingerprint density at radius 3 is 2.43 bits per heavy atom. The fourth-order valence-electron chi connectivity index (χ4n) is 1.98. The van der Waals surface area contributed by atoms with Crippen LogP contribution in [0.4, 0.5) is 5.69 Å². The monoisotopic (exact) mass is 290 g/mol. The van der Waals surface area contributed by atoms with Gasteiger partial charge in [0, 0.05) is 18.3 Å². The molecule has 0 aliphatic heterocycles. The molecule has 0 spiro atoms. The minimum Gasteiger partial charge on any atom is -0.312 e. The first-order valence-corrected chi connectivity index (χ1v) is 6.25. The average molecular weight is 290 g/mol. The van der Waals surface area contributed by atoms with E-state index < -0.39 is 4.92 Å². The lowest BCUT2D eigenvalue weighted by atomic mass is 10.1. The largest absolute Gasteiger partial charge is 0.373 e. The van der Waals surface area contributed by atoms with Crippen LogP contribution in [0.3, 0.4) is 0 Å². The van der Waals surface area contributed by atoms with Crippen molar-refractivity contribution >= 4 is 22.6 Å². The lowest BCUT2D eigenvalue weighted by Crippen LogP contribution is -2.22. The van der Waals surface area contributed by atoms with Crippen LogP contribution in [0.2, 0.25) is 0 Å². The van der Waals surface area contributed by atoms with E-state index in [4.69, 9.17) is 9.59 Å². The van der Waals surface area contributed by atoms with Gasteiger partial charge in [0.05, 0.1) is 15.7 Å². The highest BCUT2D eigenvalue weighted by molar-refractivity contribution is 5.89. The second-order valence-corrected chi connectivity index (χ2v) is 4.36. The van der Waals surface area contributed by atoms with E-state index in [0.29, 0.717) is 10.8 Å². The molecule has 0 fully saturated rings. The number of pyridine rings is 1. The van der Waals surface area contributed by atoms with E-state index in [0.717, 1.165) is 6.42 Å². The van der Waals surface area contributed by atoms with E-state index in [1.54, 1.807) is 29.0 Å². The molecule has 0 bridgehead atoms. The van der Waals surface area contributed by atoms with E-state index >= 15 is 0 Å². The Hall–Kier alpha value is -2.79. The van der Waals surface area contributed by atoms with Crippen LogP contribution in [-0.2, 0) is 9.59 Å². The van der Waals surface area contributed by atoms with Gasteiger partial charge in [-0.1, -0.05) is 13.0 Å². The van der Waals surface area contributed by atoms with Crippen molar-refractivity contribution in [3.8, 4) is 0 Å². The molecule has 0 aliphatic carbocycles. The zero-order valence-corrected chi connectivity index (χ0v) is 11.6. The van der Waals surface area contributed by atoms with Gasteiger partial charge >= 0.3 is 6.15 Å². The summed E-state index contributed by atoms with van der Waals surface area (Å²) in [7, 11) is 0. The fraction of sp³-hybridized carbons (Fsp3) is 0.286. The number of rotatable bonds is 3. The normalized spacial score (nSPS) is 11.1. The molecule has 1 atom stereocenters. The molecule has 0 N–H and O–H groups in total. The number of fused-ring (bicyclic) bond motifs is 1. The summed E-state index contributed by atoms with van der Waals surface area (Å²) in [5.41, 5.74) is -0.202. The number of benzene rings is 1. The molecule has 0 radical (unpaired) electrons.